The summed E-state index contributed by atoms with van der Waals surface area (Å²) in [6.07, 6.45) is 1.11. The molecule has 0 spiro atoms. The monoisotopic (exact) mass is 351 g/mol. The SMILES string of the molecule is CCN(CC)CCCNc1cc(C)nc2cc(-c3ccc(C)cc3)nn12. The van der Waals surface area contributed by atoms with E-state index >= 15 is 0 Å². The molecule has 0 amide bonds. The third-order valence-corrected chi connectivity index (χ3v) is 4.75. The second-order valence-corrected chi connectivity index (χ2v) is 6.76. The van der Waals surface area contributed by atoms with Crippen LogP contribution in [0.4, 0.5) is 5.82 Å². The van der Waals surface area contributed by atoms with Crippen LogP contribution in [0.5, 0.6) is 0 Å². The Balaban J connectivity index is 1.78. The maximum atomic E-state index is 4.78. The summed E-state index contributed by atoms with van der Waals surface area (Å²) in [6.45, 7) is 12.8. The van der Waals surface area contributed by atoms with Gasteiger partial charge in [-0.2, -0.15) is 9.61 Å². The van der Waals surface area contributed by atoms with Gasteiger partial charge in [0.25, 0.3) is 0 Å². The van der Waals surface area contributed by atoms with Gasteiger partial charge < -0.3 is 10.2 Å². The van der Waals surface area contributed by atoms with Crippen molar-refractivity contribution in [2.75, 3.05) is 31.5 Å². The van der Waals surface area contributed by atoms with Crippen molar-refractivity contribution in [1.82, 2.24) is 19.5 Å². The fourth-order valence-corrected chi connectivity index (χ4v) is 3.15. The van der Waals surface area contributed by atoms with Gasteiger partial charge in [0.2, 0.25) is 0 Å². The van der Waals surface area contributed by atoms with Crippen molar-refractivity contribution >= 4 is 11.5 Å². The number of hydrogen-bond donors (Lipinski definition) is 1. The van der Waals surface area contributed by atoms with Crippen molar-refractivity contribution < 1.29 is 0 Å². The van der Waals surface area contributed by atoms with Gasteiger partial charge in [-0.15, -0.1) is 0 Å². The fraction of sp³-hybridized carbons (Fsp3) is 0.429. The van der Waals surface area contributed by atoms with E-state index in [1.54, 1.807) is 0 Å². The summed E-state index contributed by atoms with van der Waals surface area (Å²) in [5.41, 5.74) is 5.20. The third kappa shape index (κ3) is 4.22. The first-order valence-corrected chi connectivity index (χ1v) is 9.51. The predicted molar refractivity (Wildman–Crippen MR) is 109 cm³/mol. The number of rotatable bonds is 8. The first kappa shape index (κ1) is 18.4. The van der Waals surface area contributed by atoms with Gasteiger partial charge >= 0.3 is 0 Å². The Bertz CT molecular complexity index is 847. The van der Waals surface area contributed by atoms with Gasteiger partial charge in [0.05, 0.1) is 5.69 Å². The standard InChI is InChI=1S/C21H29N5/c1-5-25(6-2)13-7-12-22-20-14-17(4)23-21-15-19(24-26(20)21)18-10-8-16(3)9-11-18/h8-11,14-15,22H,5-7,12-13H2,1-4H3. The van der Waals surface area contributed by atoms with Crippen molar-refractivity contribution in [2.24, 2.45) is 0 Å². The van der Waals surface area contributed by atoms with Gasteiger partial charge in [-0.3, -0.25) is 0 Å². The third-order valence-electron chi connectivity index (χ3n) is 4.75. The molecule has 26 heavy (non-hydrogen) atoms. The average molecular weight is 351 g/mol. The number of benzene rings is 1. The van der Waals surface area contributed by atoms with E-state index in [9.17, 15) is 0 Å². The summed E-state index contributed by atoms with van der Waals surface area (Å²) >= 11 is 0. The highest BCUT2D eigenvalue weighted by Gasteiger charge is 2.10. The molecule has 0 saturated carbocycles. The normalized spacial score (nSPS) is 11.4. The number of fused-ring (bicyclic) bond motifs is 1. The number of hydrogen-bond acceptors (Lipinski definition) is 4. The summed E-state index contributed by atoms with van der Waals surface area (Å²) in [5, 5.41) is 8.32. The van der Waals surface area contributed by atoms with E-state index in [4.69, 9.17) is 5.10 Å². The average Bonchev–Trinajstić information content (AvgIpc) is 3.06. The number of anilines is 1. The van der Waals surface area contributed by atoms with E-state index in [0.717, 1.165) is 61.0 Å². The maximum Gasteiger partial charge on any atom is 0.158 e. The van der Waals surface area contributed by atoms with Crippen LogP contribution in [-0.4, -0.2) is 45.7 Å². The number of aromatic nitrogens is 3. The molecule has 0 atom stereocenters. The number of nitrogens with one attached hydrogen (secondary N) is 1. The van der Waals surface area contributed by atoms with Gasteiger partial charge in [-0.25, -0.2) is 4.98 Å². The topological polar surface area (TPSA) is 45.5 Å². The molecule has 0 unspecified atom stereocenters. The molecule has 0 aliphatic rings. The Morgan fingerprint density at radius 1 is 1.04 bits per heavy atom. The lowest BCUT2D eigenvalue weighted by molar-refractivity contribution is 0.303. The molecule has 0 aliphatic carbocycles. The van der Waals surface area contributed by atoms with E-state index in [1.807, 2.05) is 11.4 Å². The zero-order chi connectivity index (χ0) is 18.5. The molecular formula is C21H29N5. The van der Waals surface area contributed by atoms with Crippen LogP contribution >= 0.6 is 0 Å². The predicted octanol–water partition coefficient (Wildman–Crippen LogP) is 4.16. The van der Waals surface area contributed by atoms with Crippen molar-refractivity contribution in [3.63, 3.8) is 0 Å². The van der Waals surface area contributed by atoms with Crippen LogP contribution in [0.15, 0.2) is 36.4 Å². The molecule has 138 valence electrons. The fourth-order valence-electron chi connectivity index (χ4n) is 3.15. The van der Waals surface area contributed by atoms with Crippen LogP contribution in [0.2, 0.25) is 0 Å². The van der Waals surface area contributed by atoms with Crippen LogP contribution < -0.4 is 5.32 Å². The Morgan fingerprint density at radius 3 is 2.46 bits per heavy atom. The highest BCUT2D eigenvalue weighted by molar-refractivity contribution is 5.66. The smallest absolute Gasteiger partial charge is 0.158 e. The quantitative estimate of drug-likeness (QED) is 0.619. The molecule has 5 nitrogen and oxygen atoms in total. The summed E-state index contributed by atoms with van der Waals surface area (Å²) in [7, 11) is 0. The zero-order valence-electron chi connectivity index (χ0n) is 16.3. The molecule has 2 heterocycles. The molecule has 5 heteroatoms. The van der Waals surface area contributed by atoms with E-state index in [-0.39, 0.29) is 0 Å². The second kappa shape index (κ2) is 8.32. The summed E-state index contributed by atoms with van der Waals surface area (Å²) < 4.78 is 1.92. The molecule has 0 aliphatic heterocycles. The maximum absolute atomic E-state index is 4.78. The van der Waals surface area contributed by atoms with Crippen molar-refractivity contribution in [3.05, 3.63) is 47.7 Å². The highest BCUT2D eigenvalue weighted by atomic mass is 15.3. The molecule has 3 aromatic rings. The zero-order valence-corrected chi connectivity index (χ0v) is 16.3. The van der Waals surface area contributed by atoms with E-state index < -0.39 is 0 Å². The van der Waals surface area contributed by atoms with Crippen LogP contribution in [0.3, 0.4) is 0 Å². The highest BCUT2D eigenvalue weighted by Crippen LogP contribution is 2.22. The minimum absolute atomic E-state index is 0.881. The number of aryl methyl sites for hydroxylation is 2. The van der Waals surface area contributed by atoms with Gasteiger partial charge in [-0.1, -0.05) is 43.7 Å². The summed E-state index contributed by atoms with van der Waals surface area (Å²) in [6, 6.07) is 12.6. The molecular weight excluding hydrogens is 322 g/mol. The van der Waals surface area contributed by atoms with Crippen LogP contribution in [0.1, 0.15) is 31.5 Å². The molecule has 1 aromatic carbocycles. The van der Waals surface area contributed by atoms with Gasteiger partial charge in [-0.05, 0) is 39.9 Å². The van der Waals surface area contributed by atoms with Crippen molar-refractivity contribution in [3.8, 4) is 11.3 Å². The molecule has 2 aromatic heterocycles. The lowest BCUT2D eigenvalue weighted by Gasteiger charge is -2.18. The molecule has 0 radical (unpaired) electrons. The largest absolute Gasteiger partial charge is 0.370 e. The number of nitrogens with zero attached hydrogens (tertiary/aromatic N) is 4. The Hall–Kier alpha value is -2.40. The van der Waals surface area contributed by atoms with E-state index in [1.165, 1.54) is 5.56 Å². The Kier molecular flexibility index (Phi) is 5.89. The lowest BCUT2D eigenvalue weighted by atomic mass is 10.1. The minimum Gasteiger partial charge on any atom is -0.370 e. The van der Waals surface area contributed by atoms with E-state index in [2.05, 4.69) is 72.4 Å². The minimum atomic E-state index is 0.881. The van der Waals surface area contributed by atoms with Crippen LogP contribution in [0.25, 0.3) is 16.9 Å². The molecule has 0 saturated heterocycles. The molecule has 1 N–H and O–H groups in total. The second-order valence-electron chi connectivity index (χ2n) is 6.76. The van der Waals surface area contributed by atoms with Gasteiger partial charge in [0.1, 0.15) is 5.82 Å². The molecule has 0 fully saturated rings. The molecule has 0 bridgehead atoms. The van der Waals surface area contributed by atoms with Crippen LogP contribution in [-0.2, 0) is 0 Å². The van der Waals surface area contributed by atoms with Crippen molar-refractivity contribution in [2.45, 2.75) is 34.1 Å². The first-order chi connectivity index (χ1) is 12.6. The first-order valence-electron chi connectivity index (χ1n) is 9.51. The van der Waals surface area contributed by atoms with E-state index in [0.29, 0.717) is 0 Å². The Morgan fingerprint density at radius 2 is 1.77 bits per heavy atom. The van der Waals surface area contributed by atoms with Crippen LogP contribution in [0, 0.1) is 13.8 Å². The van der Waals surface area contributed by atoms with Crippen molar-refractivity contribution in [1.29, 1.82) is 0 Å². The summed E-state index contributed by atoms with van der Waals surface area (Å²) in [5.74, 6) is 1.01. The van der Waals surface area contributed by atoms with Gasteiger partial charge in [0.15, 0.2) is 5.65 Å². The molecule has 3 rings (SSSR count). The summed E-state index contributed by atoms with van der Waals surface area (Å²) in [4.78, 5) is 7.08. The lowest BCUT2D eigenvalue weighted by Crippen LogP contribution is -2.25. The van der Waals surface area contributed by atoms with Gasteiger partial charge in [0, 0.05) is 29.9 Å². The Labute approximate surface area is 156 Å².